The number of carbonyl (C=O) groups is 2. The molecular weight excluding hydrogens is 582 g/mol. The van der Waals surface area contributed by atoms with E-state index in [4.69, 9.17) is 24.7 Å². The fourth-order valence-electron chi connectivity index (χ4n) is 4.29. The molecule has 0 unspecified atom stereocenters. The molecule has 4 rings (SSSR count). The van der Waals surface area contributed by atoms with Crippen molar-refractivity contribution in [3.63, 3.8) is 0 Å². The van der Waals surface area contributed by atoms with Gasteiger partial charge in [0, 0.05) is 22.9 Å². The number of methoxy groups -OCH3 is 1. The standard InChI is InChI=1S/C26H25Br2NO6/c1-3-33-20-12-15(11-17(28)24(20)34-13-14-7-9-16(27)10-8-14)21-22-18(30)5-4-6-19(22)35-25(29)23(21)26(31)32-2/h7-12,21H,3-6,13,29H2,1-2H3/t21-/m1/s1. The van der Waals surface area contributed by atoms with Crippen molar-refractivity contribution in [2.45, 2.75) is 38.7 Å². The molecule has 1 aliphatic heterocycles. The highest BCUT2D eigenvalue weighted by Gasteiger charge is 2.41. The predicted molar refractivity (Wildman–Crippen MR) is 137 cm³/mol. The summed E-state index contributed by atoms with van der Waals surface area (Å²) >= 11 is 7.04. The number of nitrogens with two attached hydrogens (primary N) is 1. The summed E-state index contributed by atoms with van der Waals surface area (Å²) in [4.78, 5) is 25.7. The van der Waals surface area contributed by atoms with E-state index in [0.29, 0.717) is 65.3 Å². The first-order chi connectivity index (χ1) is 16.8. The normalized spacial score (nSPS) is 17.6. The van der Waals surface area contributed by atoms with Crippen molar-refractivity contribution >= 4 is 43.6 Å². The van der Waals surface area contributed by atoms with E-state index in [1.165, 1.54) is 7.11 Å². The van der Waals surface area contributed by atoms with E-state index >= 15 is 0 Å². The topological polar surface area (TPSA) is 97.1 Å². The highest BCUT2D eigenvalue weighted by atomic mass is 79.9. The maximum Gasteiger partial charge on any atom is 0.340 e. The molecule has 2 N–H and O–H groups in total. The van der Waals surface area contributed by atoms with Crippen LogP contribution >= 0.6 is 31.9 Å². The SMILES string of the molecule is CCOc1cc([C@H]2C(C(=O)OC)=C(N)OC3=C2C(=O)CCC3)cc(Br)c1OCc1ccc(Br)cc1. The Balaban J connectivity index is 1.78. The molecule has 35 heavy (non-hydrogen) atoms. The largest absolute Gasteiger partial charge is 0.490 e. The van der Waals surface area contributed by atoms with Crippen LogP contribution in [0.2, 0.25) is 0 Å². The first kappa shape index (κ1) is 25.3. The van der Waals surface area contributed by atoms with E-state index in [-0.39, 0.29) is 17.2 Å². The third-order valence-corrected chi connectivity index (χ3v) is 6.97. The number of ketones is 1. The van der Waals surface area contributed by atoms with Gasteiger partial charge < -0.3 is 24.7 Å². The van der Waals surface area contributed by atoms with Gasteiger partial charge in [-0.05, 0) is 64.7 Å². The molecule has 0 bridgehead atoms. The minimum Gasteiger partial charge on any atom is -0.490 e. The Morgan fingerprint density at radius 1 is 1.14 bits per heavy atom. The van der Waals surface area contributed by atoms with Crippen LogP contribution < -0.4 is 15.2 Å². The van der Waals surface area contributed by atoms with E-state index in [9.17, 15) is 9.59 Å². The van der Waals surface area contributed by atoms with Crippen molar-refractivity contribution in [3.8, 4) is 11.5 Å². The third-order valence-electron chi connectivity index (χ3n) is 5.85. The summed E-state index contributed by atoms with van der Waals surface area (Å²) in [5, 5.41) is 0. The maximum absolute atomic E-state index is 13.0. The van der Waals surface area contributed by atoms with Crippen molar-refractivity contribution in [1.29, 1.82) is 0 Å². The van der Waals surface area contributed by atoms with Crippen molar-refractivity contribution in [3.05, 3.63) is 79.3 Å². The van der Waals surface area contributed by atoms with E-state index < -0.39 is 11.9 Å². The van der Waals surface area contributed by atoms with Crippen LogP contribution in [0.15, 0.2) is 68.1 Å². The van der Waals surface area contributed by atoms with Crippen molar-refractivity contribution in [2.75, 3.05) is 13.7 Å². The minimum absolute atomic E-state index is 0.0556. The van der Waals surface area contributed by atoms with Gasteiger partial charge in [-0.15, -0.1) is 0 Å². The van der Waals surface area contributed by atoms with Crippen LogP contribution in [0.4, 0.5) is 0 Å². The Morgan fingerprint density at radius 3 is 2.57 bits per heavy atom. The van der Waals surface area contributed by atoms with Crippen molar-refractivity contribution in [2.24, 2.45) is 5.73 Å². The molecule has 2 aromatic carbocycles. The third kappa shape index (κ3) is 5.26. The summed E-state index contributed by atoms with van der Waals surface area (Å²) in [5.41, 5.74) is 8.33. The number of ether oxygens (including phenoxy) is 4. The molecule has 0 saturated heterocycles. The summed E-state index contributed by atoms with van der Waals surface area (Å²) < 4.78 is 24.3. The second-order valence-corrected chi connectivity index (χ2v) is 9.87. The lowest BCUT2D eigenvalue weighted by molar-refractivity contribution is -0.136. The Bertz CT molecular complexity index is 1220. The van der Waals surface area contributed by atoms with Gasteiger partial charge in [0.15, 0.2) is 17.3 Å². The van der Waals surface area contributed by atoms with Crippen LogP contribution in [0.25, 0.3) is 0 Å². The van der Waals surface area contributed by atoms with Crippen LogP contribution in [0.5, 0.6) is 11.5 Å². The highest BCUT2D eigenvalue weighted by Crippen LogP contribution is 2.47. The monoisotopic (exact) mass is 605 g/mol. The van der Waals surface area contributed by atoms with Gasteiger partial charge in [0.25, 0.3) is 0 Å². The molecule has 1 atom stereocenters. The van der Waals surface area contributed by atoms with Crippen LogP contribution in [-0.4, -0.2) is 25.5 Å². The van der Waals surface area contributed by atoms with Crippen LogP contribution in [0, 0.1) is 0 Å². The molecule has 0 aromatic heterocycles. The molecule has 0 radical (unpaired) electrons. The predicted octanol–water partition coefficient (Wildman–Crippen LogP) is 5.65. The van der Waals surface area contributed by atoms with Gasteiger partial charge in [-0.25, -0.2) is 4.79 Å². The second kappa shape index (κ2) is 10.9. The molecule has 2 aliphatic rings. The van der Waals surface area contributed by atoms with Gasteiger partial charge in [0.05, 0.1) is 24.1 Å². The van der Waals surface area contributed by atoms with Gasteiger partial charge in [0.2, 0.25) is 5.88 Å². The zero-order valence-corrected chi connectivity index (χ0v) is 22.5. The fourth-order valence-corrected chi connectivity index (χ4v) is 5.13. The van der Waals surface area contributed by atoms with Crippen LogP contribution in [0.3, 0.4) is 0 Å². The van der Waals surface area contributed by atoms with Crippen molar-refractivity contribution < 1.29 is 28.5 Å². The number of esters is 1. The number of hydrogen-bond donors (Lipinski definition) is 1. The maximum atomic E-state index is 13.0. The van der Waals surface area contributed by atoms with Gasteiger partial charge in [0.1, 0.15) is 17.9 Å². The lowest BCUT2D eigenvalue weighted by Gasteiger charge is -2.32. The Hall–Kier alpha value is -2.78. The first-order valence-electron chi connectivity index (χ1n) is 11.2. The van der Waals surface area contributed by atoms with Crippen LogP contribution in [-0.2, 0) is 25.7 Å². The summed E-state index contributed by atoms with van der Waals surface area (Å²) in [6, 6.07) is 11.4. The molecule has 1 heterocycles. The molecule has 7 nitrogen and oxygen atoms in total. The number of benzene rings is 2. The van der Waals surface area contributed by atoms with Gasteiger partial charge in [-0.2, -0.15) is 0 Å². The van der Waals surface area contributed by atoms with E-state index in [1.807, 2.05) is 37.3 Å². The average Bonchev–Trinajstić information content (AvgIpc) is 2.83. The molecular formula is C26H25Br2NO6. The summed E-state index contributed by atoms with van der Waals surface area (Å²) in [5.74, 6) is -0.0205. The Kier molecular flexibility index (Phi) is 7.86. The lowest BCUT2D eigenvalue weighted by Crippen LogP contribution is -2.31. The Morgan fingerprint density at radius 2 is 1.89 bits per heavy atom. The van der Waals surface area contributed by atoms with Gasteiger partial charge in [-0.1, -0.05) is 28.1 Å². The van der Waals surface area contributed by atoms with E-state index in [1.54, 1.807) is 6.07 Å². The molecule has 0 fully saturated rings. The summed E-state index contributed by atoms with van der Waals surface area (Å²) in [6.07, 6.45) is 1.61. The smallest absolute Gasteiger partial charge is 0.340 e. The quantitative estimate of drug-likeness (QED) is 0.407. The number of allylic oxidation sites excluding steroid dienone is 2. The molecule has 0 amide bonds. The number of carbonyl (C=O) groups excluding carboxylic acids is 2. The summed E-state index contributed by atoms with van der Waals surface area (Å²) in [6.45, 7) is 2.60. The highest BCUT2D eigenvalue weighted by molar-refractivity contribution is 9.10. The van der Waals surface area contributed by atoms with E-state index in [2.05, 4.69) is 31.9 Å². The first-order valence-corrected chi connectivity index (χ1v) is 12.8. The molecule has 0 saturated carbocycles. The minimum atomic E-state index is -0.741. The van der Waals surface area contributed by atoms with Gasteiger partial charge >= 0.3 is 5.97 Å². The molecule has 0 spiro atoms. The molecule has 2 aromatic rings. The van der Waals surface area contributed by atoms with Crippen LogP contribution in [0.1, 0.15) is 43.2 Å². The lowest BCUT2D eigenvalue weighted by atomic mass is 9.77. The second-order valence-electron chi connectivity index (χ2n) is 8.10. The Labute approximate surface area is 220 Å². The molecule has 1 aliphatic carbocycles. The summed E-state index contributed by atoms with van der Waals surface area (Å²) in [7, 11) is 1.27. The van der Waals surface area contributed by atoms with Gasteiger partial charge in [-0.3, -0.25) is 4.79 Å². The average molecular weight is 607 g/mol. The van der Waals surface area contributed by atoms with E-state index in [0.717, 1.165) is 10.0 Å². The molecule has 9 heteroatoms. The molecule has 184 valence electrons. The number of halogens is 2. The number of Topliss-reactive ketones (excluding diaryl/α,β-unsaturated/α-hetero) is 1. The zero-order valence-electron chi connectivity index (χ0n) is 19.4. The zero-order chi connectivity index (χ0) is 25.1. The number of rotatable bonds is 7. The number of hydrogen-bond acceptors (Lipinski definition) is 7. The fraction of sp³-hybridized carbons (Fsp3) is 0.308. The van der Waals surface area contributed by atoms with Crippen molar-refractivity contribution in [1.82, 2.24) is 0 Å².